The van der Waals surface area contributed by atoms with Crippen molar-refractivity contribution in [1.82, 2.24) is 4.90 Å². The van der Waals surface area contributed by atoms with Crippen molar-refractivity contribution >= 4 is 23.6 Å². The molecule has 2 saturated heterocycles. The van der Waals surface area contributed by atoms with Crippen LogP contribution in [0, 0.1) is 0 Å². The number of aliphatic carboxylic acids is 1. The van der Waals surface area contributed by atoms with Crippen molar-refractivity contribution in [3.8, 4) is 0 Å². The van der Waals surface area contributed by atoms with Crippen LogP contribution >= 0.6 is 11.8 Å². The number of carboxylic acid groups (broad SMARTS) is 1. The molecule has 0 aromatic heterocycles. The Morgan fingerprint density at radius 1 is 1.48 bits per heavy atom. The number of likely N-dealkylation sites (tertiary alicyclic amines) is 1. The Bertz CT molecular complexity index is 505. The van der Waals surface area contributed by atoms with Gasteiger partial charge in [-0.15, -0.1) is 11.8 Å². The number of rotatable bonds is 3. The van der Waals surface area contributed by atoms with E-state index in [1.165, 1.54) is 17.7 Å². The minimum atomic E-state index is -1.25. The summed E-state index contributed by atoms with van der Waals surface area (Å²) in [5.41, 5.74) is 6.61. The Morgan fingerprint density at radius 2 is 2.10 bits per heavy atom. The number of β-lactam (4-membered cyclic amide) rings is 1. The van der Waals surface area contributed by atoms with Crippen LogP contribution in [-0.2, 0) is 9.59 Å². The van der Waals surface area contributed by atoms with E-state index in [2.05, 4.69) is 7.05 Å². The first-order chi connectivity index (χ1) is 9.43. The highest BCUT2D eigenvalue weighted by Crippen LogP contribution is 2.40. The zero-order valence-electron chi connectivity index (χ0n) is 11.9. The third-order valence-corrected chi connectivity index (χ3v) is 5.86. The van der Waals surface area contributed by atoms with E-state index in [9.17, 15) is 14.7 Å². The topological polar surface area (TPSA) is 86.5 Å². The van der Waals surface area contributed by atoms with E-state index in [1.807, 2.05) is 0 Å². The van der Waals surface area contributed by atoms with Crippen molar-refractivity contribution in [2.75, 3.05) is 32.4 Å². The third-order valence-electron chi connectivity index (χ3n) is 4.50. The number of hydrogen-bond acceptors (Lipinski definition) is 5. The summed E-state index contributed by atoms with van der Waals surface area (Å²) in [6, 6.07) is -0.576. The summed E-state index contributed by atoms with van der Waals surface area (Å²) in [5.74, 6) is -0.932. The standard InChI is InChI=1S/C13H19N3O3S.ClH/c1-16(4-2-3-5-16)6-8-7-20-12-9(14)11(17)15(12)10(8)13(18)19;/h9,12H,2-7,14H2,1H3;1H/p-1/t9-,12-;/m1./s1. The number of carbonyl (C=O) groups is 2. The van der Waals surface area contributed by atoms with Crippen molar-refractivity contribution in [3.05, 3.63) is 11.3 Å². The lowest BCUT2D eigenvalue weighted by molar-refractivity contribution is -0.893. The highest BCUT2D eigenvalue weighted by Gasteiger charge is 2.50. The third kappa shape index (κ3) is 2.67. The van der Waals surface area contributed by atoms with Gasteiger partial charge in [0.15, 0.2) is 0 Å². The zero-order chi connectivity index (χ0) is 14.5. The van der Waals surface area contributed by atoms with Gasteiger partial charge in [0.2, 0.25) is 5.91 Å². The predicted octanol–water partition coefficient (Wildman–Crippen LogP) is -4.52. The van der Waals surface area contributed by atoms with E-state index in [-0.39, 0.29) is 29.4 Å². The predicted molar refractivity (Wildman–Crippen MR) is 73.1 cm³/mol. The van der Waals surface area contributed by atoms with Gasteiger partial charge in [-0.2, -0.15) is 0 Å². The van der Waals surface area contributed by atoms with Gasteiger partial charge >= 0.3 is 0 Å². The highest BCUT2D eigenvalue weighted by atomic mass is 35.5. The smallest absolute Gasteiger partial charge is 0.248 e. The number of nitrogens with zero attached hydrogens (tertiary/aromatic N) is 2. The van der Waals surface area contributed by atoms with Crippen molar-refractivity contribution in [2.45, 2.75) is 24.3 Å². The second kappa shape index (κ2) is 5.79. The molecular weight excluding hydrogens is 314 g/mol. The molecule has 2 N–H and O–H groups in total. The molecule has 0 spiro atoms. The minimum Gasteiger partial charge on any atom is -1.00 e. The Hall–Kier alpha value is -0.760. The number of likely N-dealkylation sites (N-methyl/N-ethyl adjacent to an activating group) is 1. The number of halogens is 1. The molecule has 6 nitrogen and oxygen atoms in total. The molecule has 0 aromatic rings. The normalized spacial score (nSPS) is 30.6. The summed E-state index contributed by atoms with van der Waals surface area (Å²) >= 11 is 1.56. The van der Waals surface area contributed by atoms with Crippen molar-refractivity contribution in [1.29, 1.82) is 0 Å². The van der Waals surface area contributed by atoms with E-state index in [4.69, 9.17) is 5.73 Å². The van der Waals surface area contributed by atoms with Gasteiger partial charge in [0.25, 0.3) is 0 Å². The summed E-state index contributed by atoms with van der Waals surface area (Å²) in [4.78, 5) is 24.6. The fraction of sp³-hybridized carbons (Fsp3) is 0.692. The second-order valence-corrected chi connectivity index (χ2v) is 7.21. The number of quaternary nitrogens is 1. The Kier molecular flexibility index (Phi) is 4.58. The molecular formula is C13H19ClN3O3S-. The van der Waals surface area contributed by atoms with Crippen LogP contribution in [0.3, 0.4) is 0 Å². The SMILES string of the molecule is C[N+]1(CC2=C(C(=O)[O-])N3C(=O)[C@@H](N)[C@H]3SC2)CCCC1.[Cl-]. The molecule has 1 amide bonds. The maximum absolute atomic E-state index is 11.8. The van der Waals surface area contributed by atoms with Crippen LogP contribution in [0.4, 0.5) is 0 Å². The zero-order valence-corrected chi connectivity index (χ0v) is 13.5. The Balaban J connectivity index is 0.00000161. The summed E-state index contributed by atoms with van der Waals surface area (Å²) in [7, 11) is 2.15. The van der Waals surface area contributed by atoms with Crippen molar-refractivity contribution < 1.29 is 31.6 Å². The van der Waals surface area contributed by atoms with E-state index >= 15 is 0 Å². The lowest BCUT2D eigenvalue weighted by Crippen LogP contribution is -3.00. The van der Waals surface area contributed by atoms with Crippen molar-refractivity contribution in [3.63, 3.8) is 0 Å². The summed E-state index contributed by atoms with van der Waals surface area (Å²) in [6.07, 6.45) is 2.35. The largest absolute Gasteiger partial charge is 1.00 e. The second-order valence-electron chi connectivity index (χ2n) is 6.11. The van der Waals surface area contributed by atoms with Crippen molar-refractivity contribution in [2.24, 2.45) is 5.73 Å². The van der Waals surface area contributed by atoms with Crippen LogP contribution in [0.15, 0.2) is 11.3 Å². The van der Waals surface area contributed by atoms with Gasteiger partial charge in [0, 0.05) is 24.2 Å². The van der Waals surface area contributed by atoms with E-state index in [0.29, 0.717) is 12.3 Å². The monoisotopic (exact) mass is 332 g/mol. The Labute approximate surface area is 134 Å². The molecule has 0 bridgehead atoms. The number of nitrogens with two attached hydrogens (primary N) is 1. The van der Waals surface area contributed by atoms with Gasteiger partial charge in [-0.1, -0.05) is 0 Å². The average Bonchev–Trinajstić information content (AvgIpc) is 2.83. The van der Waals surface area contributed by atoms with Gasteiger partial charge in [0.1, 0.15) is 18.0 Å². The van der Waals surface area contributed by atoms with Crippen LogP contribution in [0.1, 0.15) is 12.8 Å². The molecule has 2 atom stereocenters. The number of hydrogen-bond donors (Lipinski definition) is 1. The van der Waals surface area contributed by atoms with Crippen LogP contribution in [0.2, 0.25) is 0 Å². The molecule has 2 fully saturated rings. The molecule has 3 rings (SSSR count). The molecule has 0 radical (unpaired) electrons. The van der Waals surface area contributed by atoms with E-state index in [1.54, 1.807) is 11.8 Å². The molecule has 3 aliphatic rings. The minimum absolute atomic E-state index is 0. The summed E-state index contributed by atoms with van der Waals surface area (Å²) < 4.78 is 0.853. The molecule has 21 heavy (non-hydrogen) atoms. The molecule has 3 heterocycles. The van der Waals surface area contributed by atoms with Crippen LogP contribution < -0.4 is 23.2 Å². The molecule has 118 valence electrons. The maximum Gasteiger partial charge on any atom is 0.248 e. The lowest BCUT2D eigenvalue weighted by Gasteiger charge is -2.50. The average molecular weight is 333 g/mol. The van der Waals surface area contributed by atoms with Gasteiger partial charge < -0.3 is 32.5 Å². The van der Waals surface area contributed by atoms with Gasteiger partial charge in [-0.25, -0.2) is 0 Å². The fourth-order valence-electron chi connectivity index (χ4n) is 3.41. The van der Waals surface area contributed by atoms with E-state index in [0.717, 1.165) is 23.1 Å². The van der Waals surface area contributed by atoms with Gasteiger partial charge in [-0.3, -0.25) is 9.69 Å². The van der Waals surface area contributed by atoms with Crippen LogP contribution in [-0.4, -0.2) is 65.1 Å². The quantitative estimate of drug-likeness (QED) is 0.416. The highest BCUT2D eigenvalue weighted by molar-refractivity contribution is 8.00. The summed E-state index contributed by atoms with van der Waals surface area (Å²) in [5, 5.41) is 11.2. The number of fused-ring (bicyclic) bond motifs is 1. The molecule has 0 unspecified atom stereocenters. The first-order valence-electron chi connectivity index (χ1n) is 6.90. The van der Waals surface area contributed by atoms with Gasteiger partial charge in [-0.05, 0) is 0 Å². The summed E-state index contributed by atoms with van der Waals surface area (Å²) in [6.45, 7) is 2.80. The maximum atomic E-state index is 11.8. The molecule has 3 aliphatic heterocycles. The number of amides is 1. The molecule has 0 aliphatic carbocycles. The molecule has 0 saturated carbocycles. The number of carboxylic acids is 1. The van der Waals surface area contributed by atoms with E-state index < -0.39 is 12.0 Å². The first-order valence-corrected chi connectivity index (χ1v) is 7.95. The fourth-order valence-corrected chi connectivity index (χ4v) is 4.69. The number of carbonyl (C=O) groups excluding carboxylic acids is 2. The number of thioether (sulfide) groups is 1. The molecule has 8 heteroatoms. The van der Waals surface area contributed by atoms with Crippen LogP contribution in [0.5, 0.6) is 0 Å². The van der Waals surface area contributed by atoms with Crippen LogP contribution in [0.25, 0.3) is 0 Å². The lowest BCUT2D eigenvalue weighted by atomic mass is 10.0. The Morgan fingerprint density at radius 3 is 2.67 bits per heavy atom. The van der Waals surface area contributed by atoms with Gasteiger partial charge in [0.05, 0.1) is 31.8 Å². The first kappa shape index (κ1) is 16.6. The molecule has 0 aromatic carbocycles.